The molecule has 40 heavy (non-hydrogen) atoms. The molecule has 0 bridgehead atoms. The van der Waals surface area contributed by atoms with E-state index >= 15 is 0 Å². The highest BCUT2D eigenvalue weighted by Crippen LogP contribution is 2.41. The number of rotatable bonds is 7. The minimum absolute atomic E-state index is 0.00759. The summed E-state index contributed by atoms with van der Waals surface area (Å²) < 4.78 is 71.6. The fraction of sp³-hybridized carbons (Fsp3) is 0.200. The molecule has 1 unspecified atom stereocenters. The second-order valence-corrected chi connectivity index (χ2v) is 10.5. The summed E-state index contributed by atoms with van der Waals surface area (Å²) in [5.41, 5.74) is 0.0870. The van der Waals surface area contributed by atoms with Gasteiger partial charge < -0.3 is 14.7 Å². The molecule has 15 heteroatoms. The maximum Gasteiger partial charge on any atom is 0.524 e. The van der Waals surface area contributed by atoms with Crippen molar-refractivity contribution in [3.05, 3.63) is 93.0 Å². The van der Waals surface area contributed by atoms with Crippen molar-refractivity contribution in [2.75, 3.05) is 11.9 Å². The molecule has 0 aromatic heterocycles. The molecule has 212 valence electrons. The molecule has 3 aromatic rings. The van der Waals surface area contributed by atoms with Crippen LogP contribution in [0.1, 0.15) is 40.0 Å². The normalized spacial score (nSPS) is 15.2. The van der Waals surface area contributed by atoms with Crippen molar-refractivity contribution in [1.82, 2.24) is 10.2 Å². The van der Waals surface area contributed by atoms with Crippen molar-refractivity contribution in [1.29, 1.82) is 0 Å². The summed E-state index contributed by atoms with van der Waals surface area (Å²) in [6.07, 6.45) is 0. The van der Waals surface area contributed by atoms with E-state index in [1.54, 1.807) is 13.0 Å². The first-order valence-corrected chi connectivity index (χ1v) is 13.4. The molecular formula is C25H21ClF4N3O6P. The number of hydrogen-bond acceptors (Lipinski definition) is 4. The van der Waals surface area contributed by atoms with Gasteiger partial charge in [-0.05, 0) is 30.7 Å². The predicted octanol–water partition coefficient (Wildman–Crippen LogP) is 5.43. The van der Waals surface area contributed by atoms with Crippen LogP contribution < -0.4 is 14.7 Å². The SMILES string of the molecule is CC1c2ccc(C(=O)NCc3c(F)cc(F)cc3F)cc2N(Cc2c(F)cc(OP(=O)(O)O)cc2Cl)C(=O)N1C. The Morgan fingerprint density at radius 3 is 2.27 bits per heavy atom. The molecule has 0 aliphatic carbocycles. The average Bonchev–Trinajstić information content (AvgIpc) is 2.84. The quantitative estimate of drug-likeness (QED) is 0.245. The number of carbonyl (C=O) groups is 2. The summed E-state index contributed by atoms with van der Waals surface area (Å²) in [6, 6.07) is 6.00. The zero-order valence-corrected chi connectivity index (χ0v) is 22.4. The second-order valence-electron chi connectivity index (χ2n) is 8.91. The Labute approximate surface area is 230 Å². The first-order chi connectivity index (χ1) is 18.7. The molecule has 0 saturated carbocycles. The standard InChI is InChI=1S/C25H21ClF4N3O6P/c1-12-16-4-3-13(24(34)31-10-17-20(28)6-14(27)7-21(17)29)5-23(16)33(25(35)32(12)2)11-18-19(26)8-15(9-22(18)30)39-40(36,37)38/h3-9,12H,10-11H2,1-2H3,(H,31,34)(H2,36,37,38). The lowest BCUT2D eigenvalue weighted by atomic mass is 9.98. The third kappa shape index (κ3) is 6.07. The van der Waals surface area contributed by atoms with Gasteiger partial charge in [0.05, 0.1) is 23.3 Å². The highest BCUT2D eigenvalue weighted by molar-refractivity contribution is 7.46. The maximum absolute atomic E-state index is 15.0. The van der Waals surface area contributed by atoms with Crippen LogP contribution in [0, 0.1) is 23.3 Å². The Balaban J connectivity index is 1.65. The topological polar surface area (TPSA) is 119 Å². The fourth-order valence-electron chi connectivity index (χ4n) is 4.18. The van der Waals surface area contributed by atoms with Gasteiger partial charge >= 0.3 is 13.9 Å². The lowest BCUT2D eigenvalue weighted by Crippen LogP contribution is -2.46. The van der Waals surface area contributed by atoms with Crippen molar-refractivity contribution in [3.8, 4) is 5.75 Å². The lowest BCUT2D eigenvalue weighted by molar-refractivity contribution is 0.0950. The molecule has 4 rings (SSSR count). The maximum atomic E-state index is 15.0. The summed E-state index contributed by atoms with van der Waals surface area (Å²) in [6.45, 7) is 0.718. The number of phosphoric acid groups is 1. The van der Waals surface area contributed by atoms with Gasteiger partial charge in [-0.1, -0.05) is 17.7 Å². The Hall–Kier alpha value is -3.64. The van der Waals surface area contributed by atoms with Crippen molar-refractivity contribution in [2.24, 2.45) is 0 Å². The number of carbonyl (C=O) groups excluding carboxylic acids is 2. The van der Waals surface area contributed by atoms with Crippen LogP contribution >= 0.6 is 19.4 Å². The number of anilines is 1. The van der Waals surface area contributed by atoms with Crippen molar-refractivity contribution in [2.45, 2.75) is 26.1 Å². The second kappa shape index (κ2) is 11.1. The molecule has 1 aliphatic heterocycles. The third-order valence-electron chi connectivity index (χ3n) is 6.33. The summed E-state index contributed by atoms with van der Waals surface area (Å²) >= 11 is 6.17. The van der Waals surface area contributed by atoms with Crippen molar-refractivity contribution >= 4 is 37.0 Å². The zero-order chi connectivity index (χ0) is 29.5. The minimum atomic E-state index is -4.99. The highest BCUT2D eigenvalue weighted by Gasteiger charge is 2.35. The number of halogens is 5. The van der Waals surface area contributed by atoms with Gasteiger partial charge in [0.25, 0.3) is 5.91 Å². The number of hydrogen-bond donors (Lipinski definition) is 3. The van der Waals surface area contributed by atoms with Crippen LogP contribution in [0.2, 0.25) is 5.02 Å². The number of fused-ring (bicyclic) bond motifs is 1. The number of nitrogens with zero attached hydrogens (tertiary/aromatic N) is 2. The van der Waals surface area contributed by atoms with Gasteiger partial charge in [-0.15, -0.1) is 0 Å². The minimum Gasteiger partial charge on any atom is -0.404 e. The molecular weight excluding hydrogens is 581 g/mol. The summed E-state index contributed by atoms with van der Waals surface area (Å²) in [5.74, 6) is -5.74. The molecule has 0 saturated heterocycles. The molecule has 0 radical (unpaired) electrons. The largest absolute Gasteiger partial charge is 0.524 e. The number of nitrogens with one attached hydrogen (secondary N) is 1. The van der Waals surface area contributed by atoms with Gasteiger partial charge in [0.1, 0.15) is 29.0 Å². The molecule has 3 N–H and O–H groups in total. The van der Waals surface area contributed by atoms with Gasteiger partial charge in [-0.3, -0.25) is 19.5 Å². The molecule has 9 nitrogen and oxygen atoms in total. The highest BCUT2D eigenvalue weighted by atomic mass is 35.5. The first kappa shape index (κ1) is 29.3. The van der Waals surface area contributed by atoms with Crippen molar-refractivity contribution < 1.29 is 46.0 Å². The van der Waals surface area contributed by atoms with Gasteiger partial charge in [-0.25, -0.2) is 26.9 Å². The summed E-state index contributed by atoms with van der Waals surface area (Å²) in [4.78, 5) is 46.5. The van der Waals surface area contributed by atoms with Gasteiger partial charge in [-0.2, -0.15) is 0 Å². The van der Waals surface area contributed by atoms with E-state index in [0.717, 1.165) is 11.0 Å². The van der Waals surface area contributed by atoms with Gasteiger partial charge in [0.2, 0.25) is 0 Å². The van der Waals surface area contributed by atoms with Gasteiger partial charge in [0.15, 0.2) is 0 Å². The molecule has 0 spiro atoms. The van der Waals surface area contributed by atoms with E-state index < -0.39 is 73.5 Å². The van der Waals surface area contributed by atoms with E-state index in [4.69, 9.17) is 21.4 Å². The monoisotopic (exact) mass is 601 g/mol. The fourth-order valence-corrected chi connectivity index (χ4v) is 4.82. The van der Waals surface area contributed by atoms with E-state index in [1.807, 2.05) is 0 Å². The molecule has 1 aliphatic rings. The predicted molar refractivity (Wildman–Crippen MR) is 136 cm³/mol. The lowest BCUT2D eigenvalue weighted by Gasteiger charge is -2.40. The molecule has 1 atom stereocenters. The van der Waals surface area contributed by atoms with E-state index in [9.17, 15) is 31.7 Å². The van der Waals surface area contributed by atoms with E-state index in [0.29, 0.717) is 23.8 Å². The summed E-state index contributed by atoms with van der Waals surface area (Å²) in [7, 11) is -3.47. The van der Waals surface area contributed by atoms with Crippen LogP contribution in [0.25, 0.3) is 0 Å². The number of phosphoric ester groups is 1. The van der Waals surface area contributed by atoms with E-state index in [1.165, 1.54) is 24.1 Å². The Morgan fingerprint density at radius 2 is 1.68 bits per heavy atom. The van der Waals surface area contributed by atoms with Crippen LogP contribution in [0.4, 0.5) is 28.0 Å². The Kier molecular flexibility index (Phi) is 8.13. The number of urea groups is 1. The van der Waals surface area contributed by atoms with Crippen LogP contribution in [-0.4, -0.2) is 33.7 Å². The molecule has 1 heterocycles. The van der Waals surface area contributed by atoms with Gasteiger partial charge in [0, 0.05) is 48.5 Å². The van der Waals surface area contributed by atoms with Crippen LogP contribution in [0.3, 0.4) is 0 Å². The Morgan fingerprint density at radius 1 is 1.05 bits per heavy atom. The molecule has 3 amide bonds. The third-order valence-corrected chi connectivity index (χ3v) is 7.12. The summed E-state index contributed by atoms with van der Waals surface area (Å²) in [5, 5.41) is 2.07. The van der Waals surface area contributed by atoms with E-state index in [2.05, 4.69) is 9.84 Å². The number of benzene rings is 3. The molecule has 3 aromatic carbocycles. The van der Waals surface area contributed by atoms with Crippen LogP contribution in [-0.2, 0) is 17.7 Å². The Bertz CT molecular complexity index is 1520. The smallest absolute Gasteiger partial charge is 0.404 e. The number of amides is 3. The average molecular weight is 602 g/mol. The van der Waals surface area contributed by atoms with Crippen LogP contribution in [0.15, 0.2) is 42.5 Å². The first-order valence-electron chi connectivity index (χ1n) is 11.5. The zero-order valence-electron chi connectivity index (χ0n) is 20.8. The molecule has 0 fully saturated rings. The van der Waals surface area contributed by atoms with Crippen molar-refractivity contribution in [3.63, 3.8) is 0 Å². The van der Waals surface area contributed by atoms with E-state index in [-0.39, 0.29) is 21.8 Å². The van der Waals surface area contributed by atoms with Crippen LogP contribution in [0.5, 0.6) is 5.75 Å².